The van der Waals surface area contributed by atoms with Crippen LogP contribution in [-0.2, 0) is 19.2 Å². The van der Waals surface area contributed by atoms with E-state index in [0.717, 1.165) is 43.8 Å². The van der Waals surface area contributed by atoms with Gasteiger partial charge in [-0.25, -0.2) is 9.59 Å². The third-order valence-electron chi connectivity index (χ3n) is 5.68. The smallest absolute Gasteiger partial charge is 0.333 e. The number of anilines is 2. The maximum absolute atomic E-state index is 9.72. The summed E-state index contributed by atoms with van der Waals surface area (Å²) < 4.78 is 66.7. The highest BCUT2D eigenvalue weighted by atomic mass is 32.2. The third-order valence-corrected chi connectivity index (χ3v) is 7.69. The third kappa shape index (κ3) is 13.3. The number of hydrogen-bond acceptors (Lipinski definition) is 11. The second-order valence-corrected chi connectivity index (χ2v) is 11.6. The Bertz CT molecular complexity index is 1580. The minimum Gasteiger partial charge on any atom is -0.481 e. The Morgan fingerprint density at radius 1 is 0.844 bits per heavy atom. The van der Waals surface area contributed by atoms with Gasteiger partial charge < -0.3 is 45.3 Å². The molecule has 0 aromatic heterocycles. The summed E-state index contributed by atoms with van der Waals surface area (Å²) in [6, 6.07) is 14.3. The number of piperazine rings is 1. The predicted molar refractivity (Wildman–Crippen MR) is 171 cm³/mol. The fourth-order valence-electron chi connectivity index (χ4n) is 3.64. The van der Waals surface area contributed by atoms with Crippen molar-refractivity contribution in [3.05, 3.63) is 42.5 Å². The SMILES string of the molecule is O=C(O)CC(O)C(=O)O.O=C(O)CC(O)C(=O)O.[2H]C1([2H])N(C)C([2H])([2H])C([2H])([2H])N(CCCN2c3ccccc3Sc3ccc(SCC)cc32)C1([2H])[2H]. The van der Waals surface area contributed by atoms with Crippen molar-refractivity contribution < 1.29 is 60.8 Å². The van der Waals surface area contributed by atoms with Crippen LogP contribution in [0, 0.1) is 0 Å². The molecule has 248 valence electrons. The molecule has 0 aliphatic carbocycles. The molecule has 2 aromatic carbocycles. The Morgan fingerprint density at radius 3 is 1.91 bits per heavy atom. The summed E-state index contributed by atoms with van der Waals surface area (Å²) in [6.07, 6.45) is -4.78. The molecule has 2 aromatic rings. The molecule has 6 N–H and O–H groups in total. The van der Waals surface area contributed by atoms with Crippen LogP contribution in [0.25, 0.3) is 0 Å². The lowest BCUT2D eigenvalue weighted by atomic mass is 10.2. The van der Waals surface area contributed by atoms with Gasteiger partial charge in [0.05, 0.1) is 24.2 Å². The number of carboxylic acid groups (broad SMARTS) is 4. The van der Waals surface area contributed by atoms with E-state index in [9.17, 15) is 19.2 Å². The standard InChI is InChI=1S/C22H29N3S2.2C4H6O5/c1-3-26-18-9-10-22-20(17-18)25(19-7-4-5-8-21(19)27-22)12-6-11-24-15-13-23(2)14-16-24;2*5-2(4(8)9)1-3(6)7/h4-5,7-10,17H,3,6,11-16H2,1-2H3;2*2,5H,1H2,(H,6,7)(H,8,9)/i13D2,14D2,15D2,16D2;;. The van der Waals surface area contributed by atoms with Crippen LogP contribution in [0.2, 0.25) is 0 Å². The van der Waals surface area contributed by atoms with Crippen LogP contribution in [0.1, 0.15) is 37.2 Å². The molecule has 4 rings (SSSR count). The van der Waals surface area contributed by atoms with E-state index in [4.69, 9.17) is 41.6 Å². The number of likely N-dealkylation sites (N-methyl/N-ethyl adjacent to an activating group) is 1. The highest BCUT2D eigenvalue weighted by Crippen LogP contribution is 2.49. The molecular weight excluding hydrogens is 626 g/mol. The van der Waals surface area contributed by atoms with Crippen LogP contribution >= 0.6 is 23.5 Å². The van der Waals surface area contributed by atoms with Crippen molar-refractivity contribution in [3.63, 3.8) is 0 Å². The van der Waals surface area contributed by atoms with E-state index < -0.39 is 74.9 Å². The number of nitrogens with zero attached hydrogens (tertiary/aromatic N) is 3. The summed E-state index contributed by atoms with van der Waals surface area (Å²) in [5.74, 6) is -4.75. The summed E-state index contributed by atoms with van der Waals surface area (Å²) in [6.45, 7) is -8.55. The molecule has 1 fully saturated rings. The number of carbonyl (C=O) groups is 4. The van der Waals surface area contributed by atoms with Gasteiger partial charge in [0, 0.05) is 58.2 Å². The Kier molecular flexibility index (Phi) is 11.5. The minimum atomic E-state index is -2.74. The lowest BCUT2D eigenvalue weighted by Gasteiger charge is -2.35. The largest absolute Gasteiger partial charge is 0.481 e. The molecule has 1 saturated heterocycles. The molecule has 45 heavy (non-hydrogen) atoms. The van der Waals surface area contributed by atoms with Gasteiger partial charge in [-0.05, 0) is 56.1 Å². The fourth-order valence-corrected chi connectivity index (χ4v) is 5.41. The van der Waals surface area contributed by atoms with Crippen molar-refractivity contribution in [1.29, 1.82) is 0 Å². The van der Waals surface area contributed by atoms with Crippen LogP contribution in [-0.4, -0.2) is 128 Å². The number of hydrogen-bond donors (Lipinski definition) is 6. The van der Waals surface area contributed by atoms with Gasteiger partial charge >= 0.3 is 23.9 Å². The summed E-state index contributed by atoms with van der Waals surface area (Å²) >= 11 is 3.43. The topological polar surface area (TPSA) is 199 Å². The van der Waals surface area contributed by atoms with Gasteiger partial charge in [0.2, 0.25) is 0 Å². The second-order valence-electron chi connectivity index (χ2n) is 9.20. The van der Waals surface area contributed by atoms with Crippen LogP contribution < -0.4 is 4.90 Å². The number of benzene rings is 2. The Morgan fingerprint density at radius 2 is 1.40 bits per heavy atom. The van der Waals surface area contributed by atoms with Crippen LogP contribution in [0.15, 0.2) is 57.2 Å². The number of para-hydroxylation sites is 1. The average molecular weight is 676 g/mol. The van der Waals surface area contributed by atoms with E-state index >= 15 is 0 Å². The zero-order valence-corrected chi connectivity index (χ0v) is 26.0. The van der Waals surface area contributed by atoms with E-state index in [0.29, 0.717) is 17.9 Å². The van der Waals surface area contributed by atoms with Crippen molar-refractivity contribution in [2.24, 2.45) is 0 Å². The number of carboxylic acids is 4. The van der Waals surface area contributed by atoms with Gasteiger partial charge in [-0.2, -0.15) is 0 Å². The zero-order valence-electron chi connectivity index (χ0n) is 32.4. The van der Waals surface area contributed by atoms with E-state index in [1.54, 1.807) is 23.5 Å². The van der Waals surface area contributed by atoms with Gasteiger partial charge in [0.1, 0.15) is 0 Å². The first-order valence-electron chi connectivity index (χ1n) is 17.4. The van der Waals surface area contributed by atoms with Crippen LogP contribution in [0.5, 0.6) is 0 Å². The van der Waals surface area contributed by atoms with E-state index in [1.807, 2.05) is 24.3 Å². The molecule has 2 heterocycles. The Labute approximate surface area is 281 Å². The monoisotopic (exact) mass is 675 g/mol. The first-order chi connectivity index (χ1) is 24.3. The molecule has 2 aliphatic heterocycles. The maximum Gasteiger partial charge on any atom is 0.333 e. The molecule has 0 spiro atoms. The number of rotatable bonds is 12. The lowest BCUT2D eigenvalue weighted by molar-refractivity contribution is -0.153. The molecule has 2 atom stereocenters. The van der Waals surface area contributed by atoms with Crippen LogP contribution in [0.3, 0.4) is 0 Å². The lowest BCUT2D eigenvalue weighted by Crippen LogP contribution is -2.45. The summed E-state index contributed by atoms with van der Waals surface area (Å²) in [5, 5.41) is 48.3. The first kappa shape index (κ1) is 26.8. The first-order valence-corrected chi connectivity index (χ1v) is 15.2. The van der Waals surface area contributed by atoms with Crippen molar-refractivity contribution in [3.8, 4) is 0 Å². The highest BCUT2D eigenvalue weighted by Gasteiger charge is 2.24. The van der Waals surface area contributed by atoms with Gasteiger partial charge in [0.25, 0.3) is 0 Å². The van der Waals surface area contributed by atoms with Gasteiger partial charge in [0.15, 0.2) is 12.2 Å². The fraction of sp³-hybridized carbons (Fsp3) is 0.467. The Balaban J connectivity index is 0.000000445. The number of thioether (sulfide) groups is 1. The quantitative estimate of drug-likeness (QED) is 0.179. The molecule has 15 heteroatoms. The summed E-state index contributed by atoms with van der Waals surface area (Å²) in [7, 11) is 1.08. The van der Waals surface area contributed by atoms with Gasteiger partial charge in [-0.3, -0.25) is 9.59 Å². The molecule has 0 bridgehead atoms. The Hall–Kier alpha value is -3.34. The predicted octanol–water partition coefficient (Wildman–Crippen LogP) is 2.85. The van der Waals surface area contributed by atoms with Gasteiger partial charge in [-0.15, -0.1) is 11.8 Å². The molecule has 0 saturated carbocycles. The van der Waals surface area contributed by atoms with Crippen LogP contribution in [0.4, 0.5) is 11.4 Å². The second kappa shape index (κ2) is 19.2. The molecule has 2 aliphatic rings. The van der Waals surface area contributed by atoms with E-state index in [1.165, 1.54) is 0 Å². The summed E-state index contributed by atoms with van der Waals surface area (Å²) in [5.41, 5.74) is 2.04. The van der Waals surface area contributed by atoms with E-state index in [2.05, 4.69) is 30.0 Å². The maximum atomic E-state index is 9.72. The molecule has 13 nitrogen and oxygen atoms in total. The number of aliphatic hydroxyl groups excluding tert-OH is 2. The van der Waals surface area contributed by atoms with Crippen molar-refractivity contribution in [2.75, 3.05) is 56.8 Å². The molecule has 2 unspecified atom stereocenters. The van der Waals surface area contributed by atoms with Gasteiger partial charge in [-0.1, -0.05) is 30.8 Å². The highest BCUT2D eigenvalue weighted by molar-refractivity contribution is 8.00. The number of fused-ring (bicyclic) bond motifs is 2. The number of aliphatic hydroxyl groups is 2. The normalized spacial score (nSPS) is 22.7. The molecule has 0 amide bonds. The average Bonchev–Trinajstić information content (AvgIpc) is 3.05. The zero-order chi connectivity index (χ0) is 40.7. The van der Waals surface area contributed by atoms with Crippen molar-refractivity contribution >= 4 is 58.8 Å². The number of aliphatic carboxylic acids is 4. The molecular formula is C30H41N3O10S2. The summed E-state index contributed by atoms with van der Waals surface area (Å²) in [4.78, 5) is 45.5. The molecule has 0 radical (unpaired) electrons. The minimum absolute atomic E-state index is 0.155. The van der Waals surface area contributed by atoms with Crippen molar-refractivity contribution in [2.45, 2.75) is 53.1 Å². The van der Waals surface area contributed by atoms with Crippen molar-refractivity contribution in [1.82, 2.24) is 9.80 Å². The van der Waals surface area contributed by atoms with E-state index in [-0.39, 0.29) is 6.54 Å².